The minimum absolute atomic E-state index is 0.269. The summed E-state index contributed by atoms with van der Waals surface area (Å²) < 4.78 is 2.22. The van der Waals surface area contributed by atoms with Crippen LogP contribution in [0.3, 0.4) is 0 Å². The van der Waals surface area contributed by atoms with Crippen LogP contribution in [0.4, 0.5) is 0 Å². The molecule has 1 aliphatic rings. The lowest BCUT2D eigenvalue weighted by molar-refractivity contribution is 0.0818. The molecular weight excluding hydrogens is 188 g/mol. The molecule has 1 aromatic heterocycles. The van der Waals surface area contributed by atoms with E-state index < -0.39 is 0 Å². The molecule has 2 rings (SSSR count). The van der Waals surface area contributed by atoms with E-state index in [1.54, 1.807) is 0 Å². The summed E-state index contributed by atoms with van der Waals surface area (Å²) in [7, 11) is 0. The third kappa shape index (κ3) is 1.78. The van der Waals surface area contributed by atoms with Crippen LogP contribution in [0.5, 0.6) is 0 Å². The van der Waals surface area contributed by atoms with Crippen LogP contribution in [0.25, 0.3) is 0 Å². The maximum atomic E-state index is 4.23. The van der Waals surface area contributed by atoms with Gasteiger partial charge >= 0.3 is 0 Å². The van der Waals surface area contributed by atoms with E-state index >= 15 is 0 Å². The average Bonchev–Trinajstić information content (AvgIpc) is 2.60. The van der Waals surface area contributed by atoms with Gasteiger partial charge in [0.2, 0.25) is 0 Å². The normalized spacial score (nSPS) is 17.9. The van der Waals surface area contributed by atoms with E-state index in [1.807, 2.05) is 6.92 Å². The predicted molar refractivity (Wildman–Crippen MR) is 59.5 cm³/mol. The highest BCUT2D eigenvalue weighted by Gasteiger charge is 2.29. The Hall–Kier alpha value is -0.900. The highest BCUT2D eigenvalue weighted by atomic mass is 15.3. The topological polar surface area (TPSA) is 34.0 Å². The van der Waals surface area contributed by atoms with Gasteiger partial charge in [0.15, 0.2) is 0 Å². The van der Waals surface area contributed by atoms with Crippen molar-refractivity contribution >= 4 is 0 Å². The Labute approximate surface area is 91.3 Å². The van der Waals surface area contributed by atoms with Crippen LogP contribution in [0.2, 0.25) is 0 Å². The van der Waals surface area contributed by atoms with Crippen molar-refractivity contribution in [3.8, 4) is 0 Å². The van der Waals surface area contributed by atoms with Crippen molar-refractivity contribution in [1.29, 1.82) is 0 Å². The predicted octanol–water partition coefficient (Wildman–Crippen LogP) is 1.59. The first-order valence-corrected chi connectivity index (χ1v) is 5.68. The number of rotatable bonds is 2. The first kappa shape index (κ1) is 10.6. The molecule has 0 spiro atoms. The van der Waals surface area contributed by atoms with Crippen molar-refractivity contribution in [3.05, 3.63) is 11.6 Å². The van der Waals surface area contributed by atoms with Gasteiger partial charge < -0.3 is 4.57 Å². The van der Waals surface area contributed by atoms with Crippen LogP contribution in [0, 0.1) is 6.92 Å². The SMILES string of the molecule is CCC(C)(C)N1CCn2c(C)nnc2C1. The highest BCUT2D eigenvalue weighted by Crippen LogP contribution is 2.23. The zero-order valence-electron chi connectivity index (χ0n) is 10.1. The van der Waals surface area contributed by atoms with Gasteiger partial charge in [0.05, 0.1) is 6.54 Å². The molecule has 0 fully saturated rings. The summed E-state index contributed by atoms with van der Waals surface area (Å²) in [5.41, 5.74) is 0.269. The molecule has 0 amide bonds. The van der Waals surface area contributed by atoms with Gasteiger partial charge in [-0.3, -0.25) is 4.90 Å². The molecule has 15 heavy (non-hydrogen) atoms. The summed E-state index contributed by atoms with van der Waals surface area (Å²) in [5.74, 6) is 2.15. The zero-order chi connectivity index (χ0) is 11.1. The van der Waals surface area contributed by atoms with Gasteiger partial charge in [0, 0.05) is 18.6 Å². The lowest BCUT2D eigenvalue weighted by atomic mass is 9.98. The van der Waals surface area contributed by atoms with Gasteiger partial charge in [-0.05, 0) is 27.2 Å². The molecule has 1 aliphatic heterocycles. The van der Waals surface area contributed by atoms with Crippen molar-refractivity contribution in [1.82, 2.24) is 19.7 Å². The van der Waals surface area contributed by atoms with E-state index in [1.165, 1.54) is 6.42 Å². The summed E-state index contributed by atoms with van der Waals surface area (Å²) in [6.45, 7) is 11.9. The van der Waals surface area contributed by atoms with Crippen LogP contribution in [-0.2, 0) is 13.1 Å². The fourth-order valence-corrected chi connectivity index (χ4v) is 2.04. The largest absolute Gasteiger partial charge is 0.313 e. The Balaban J connectivity index is 2.19. The Kier molecular flexibility index (Phi) is 2.54. The standard InChI is InChI=1S/C11H20N4/c1-5-11(3,4)14-6-7-15-9(2)12-13-10(15)8-14/h5-8H2,1-4H3. The third-order valence-corrected chi connectivity index (χ3v) is 3.66. The van der Waals surface area contributed by atoms with E-state index in [2.05, 4.69) is 40.4 Å². The van der Waals surface area contributed by atoms with Gasteiger partial charge in [-0.2, -0.15) is 0 Å². The van der Waals surface area contributed by atoms with Crippen LogP contribution in [0.1, 0.15) is 38.8 Å². The van der Waals surface area contributed by atoms with Gasteiger partial charge in [-0.1, -0.05) is 6.92 Å². The third-order valence-electron chi connectivity index (χ3n) is 3.66. The molecule has 0 N–H and O–H groups in total. The molecule has 4 nitrogen and oxygen atoms in total. The molecule has 0 aliphatic carbocycles. The smallest absolute Gasteiger partial charge is 0.147 e. The number of hydrogen-bond donors (Lipinski definition) is 0. The summed E-state index contributed by atoms with van der Waals surface area (Å²) in [4.78, 5) is 2.50. The molecule has 84 valence electrons. The quantitative estimate of drug-likeness (QED) is 0.740. The maximum absolute atomic E-state index is 4.23. The first-order valence-electron chi connectivity index (χ1n) is 5.68. The van der Waals surface area contributed by atoms with E-state index in [9.17, 15) is 0 Å². The van der Waals surface area contributed by atoms with Crippen molar-refractivity contribution in [2.45, 2.75) is 52.7 Å². The Morgan fingerprint density at radius 3 is 2.67 bits per heavy atom. The van der Waals surface area contributed by atoms with Crippen molar-refractivity contribution in [2.75, 3.05) is 6.54 Å². The monoisotopic (exact) mass is 208 g/mol. The Bertz CT molecular complexity index is 353. The summed E-state index contributed by atoms with van der Waals surface area (Å²) >= 11 is 0. The second-order valence-electron chi connectivity index (χ2n) is 4.90. The van der Waals surface area contributed by atoms with E-state index in [-0.39, 0.29) is 5.54 Å². The number of aryl methyl sites for hydroxylation is 1. The van der Waals surface area contributed by atoms with E-state index in [0.717, 1.165) is 31.3 Å². The summed E-state index contributed by atoms with van der Waals surface area (Å²) in [5, 5.41) is 8.35. The molecule has 0 radical (unpaired) electrons. The van der Waals surface area contributed by atoms with Gasteiger partial charge in [-0.25, -0.2) is 0 Å². The van der Waals surface area contributed by atoms with Crippen molar-refractivity contribution in [3.63, 3.8) is 0 Å². The Morgan fingerprint density at radius 2 is 2.00 bits per heavy atom. The van der Waals surface area contributed by atoms with Crippen LogP contribution >= 0.6 is 0 Å². The molecule has 0 saturated carbocycles. The van der Waals surface area contributed by atoms with Crippen LogP contribution < -0.4 is 0 Å². The Morgan fingerprint density at radius 1 is 1.27 bits per heavy atom. The lowest BCUT2D eigenvalue weighted by Gasteiger charge is -2.40. The molecule has 4 heteroatoms. The molecule has 1 aromatic rings. The van der Waals surface area contributed by atoms with Crippen LogP contribution in [-0.4, -0.2) is 31.7 Å². The molecular formula is C11H20N4. The van der Waals surface area contributed by atoms with Crippen LogP contribution in [0.15, 0.2) is 0 Å². The maximum Gasteiger partial charge on any atom is 0.147 e. The average molecular weight is 208 g/mol. The number of nitrogens with zero attached hydrogens (tertiary/aromatic N) is 4. The minimum Gasteiger partial charge on any atom is -0.313 e. The van der Waals surface area contributed by atoms with E-state index in [0.29, 0.717) is 0 Å². The molecule has 0 bridgehead atoms. The molecule has 0 saturated heterocycles. The minimum atomic E-state index is 0.269. The summed E-state index contributed by atoms with van der Waals surface area (Å²) in [6, 6.07) is 0. The van der Waals surface area contributed by atoms with Gasteiger partial charge in [0.1, 0.15) is 11.6 Å². The lowest BCUT2D eigenvalue weighted by Crippen LogP contribution is -2.47. The second-order valence-corrected chi connectivity index (χ2v) is 4.90. The zero-order valence-corrected chi connectivity index (χ0v) is 10.1. The molecule has 0 aromatic carbocycles. The second kappa shape index (κ2) is 3.59. The fraction of sp³-hybridized carbons (Fsp3) is 0.818. The molecule has 0 unspecified atom stereocenters. The number of hydrogen-bond acceptors (Lipinski definition) is 3. The van der Waals surface area contributed by atoms with Gasteiger partial charge in [0.25, 0.3) is 0 Å². The molecule has 0 atom stereocenters. The van der Waals surface area contributed by atoms with E-state index in [4.69, 9.17) is 0 Å². The highest BCUT2D eigenvalue weighted by molar-refractivity contribution is 4.99. The first-order chi connectivity index (χ1) is 7.04. The number of aromatic nitrogens is 3. The molecule has 2 heterocycles. The van der Waals surface area contributed by atoms with Gasteiger partial charge in [-0.15, -0.1) is 10.2 Å². The van der Waals surface area contributed by atoms with Crippen molar-refractivity contribution in [2.24, 2.45) is 0 Å². The fourth-order valence-electron chi connectivity index (χ4n) is 2.04. The van der Waals surface area contributed by atoms with Crippen molar-refractivity contribution < 1.29 is 0 Å². The number of fused-ring (bicyclic) bond motifs is 1. The summed E-state index contributed by atoms with van der Waals surface area (Å²) in [6.07, 6.45) is 1.17.